The second-order valence-corrected chi connectivity index (χ2v) is 23.6. The van der Waals surface area contributed by atoms with Crippen LogP contribution < -0.4 is 10.6 Å². The smallest absolute Gasteiger partial charge is 0.220 e. The summed E-state index contributed by atoms with van der Waals surface area (Å²) in [5, 5.41) is 146. The highest BCUT2D eigenvalue weighted by atomic mass is 16.8. The Morgan fingerprint density at radius 3 is 1.33 bits per heavy atom. The van der Waals surface area contributed by atoms with Crippen LogP contribution in [0.1, 0.15) is 188 Å². The number of ether oxygens (including phenoxy) is 8. The number of rotatable bonds is 43. The average molecular weight is 1230 g/mol. The highest BCUT2D eigenvalue weighted by Gasteiger charge is 2.56. The highest BCUT2D eigenvalue weighted by Crippen LogP contribution is 2.35. The van der Waals surface area contributed by atoms with E-state index < -0.39 is 174 Å². The molecule has 4 aliphatic rings. The van der Waals surface area contributed by atoms with Crippen LogP contribution in [0, 0.1) is 0 Å². The van der Waals surface area contributed by atoms with Gasteiger partial charge in [-0.25, -0.2) is 0 Å². The number of hydrogen-bond acceptors (Lipinski definition) is 23. The molecule has 25 heteroatoms. The minimum atomic E-state index is -2.10. The Labute approximate surface area is 502 Å². The van der Waals surface area contributed by atoms with Crippen LogP contribution in [0.3, 0.4) is 0 Å². The van der Waals surface area contributed by atoms with Gasteiger partial charge < -0.3 is 115 Å². The summed E-state index contributed by atoms with van der Waals surface area (Å²) in [6.07, 6.45) is -2.71. The molecule has 0 radical (unpaired) electrons. The van der Waals surface area contributed by atoms with Gasteiger partial charge in [0.2, 0.25) is 11.8 Å². The van der Waals surface area contributed by atoms with E-state index in [1.807, 2.05) is 6.08 Å². The number of nitrogens with one attached hydrogen (secondary N) is 2. The van der Waals surface area contributed by atoms with Crippen molar-refractivity contribution in [1.29, 1.82) is 0 Å². The molecule has 25 nitrogen and oxygen atoms in total. The van der Waals surface area contributed by atoms with Gasteiger partial charge in [0.25, 0.3) is 0 Å². The van der Waals surface area contributed by atoms with Crippen molar-refractivity contribution in [1.82, 2.24) is 10.6 Å². The summed E-state index contributed by atoms with van der Waals surface area (Å²) in [5.41, 5.74) is 0. The SMILES string of the molecule is CCCCCCCCCCCCC/C=C/[C@@H](O)[C@H](CO[C@@H]1OC(CO)[C@@H](O[C@@H]2OC(CO)[C@H](O[C@@H]3OC(CO)[C@H](O)[C@H](O[C@@H]4OC(CO)[C@H](O)[C@H](O)C4O)C3NC(C)=O)[C@H](O)C2O)[C@H](O)C1O)NC(=O)CCCCCCCCCCCCCCC. The minimum Gasteiger partial charge on any atom is -0.394 e. The van der Waals surface area contributed by atoms with E-state index in [9.17, 15) is 76.0 Å². The predicted molar refractivity (Wildman–Crippen MR) is 308 cm³/mol. The van der Waals surface area contributed by atoms with Gasteiger partial charge in [0.1, 0.15) is 97.6 Å². The van der Waals surface area contributed by atoms with Crippen LogP contribution >= 0.6 is 0 Å². The molecule has 0 aliphatic carbocycles. The lowest BCUT2D eigenvalue weighted by Crippen LogP contribution is -2.70. The van der Waals surface area contributed by atoms with E-state index in [-0.39, 0.29) is 12.3 Å². The van der Waals surface area contributed by atoms with Crippen LogP contribution in [-0.2, 0) is 47.5 Å². The maximum absolute atomic E-state index is 13.4. The molecule has 0 aromatic heterocycles. The maximum atomic E-state index is 13.4. The normalized spacial score (nSPS) is 34.4. The molecule has 0 spiro atoms. The Hall–Kier alpha value is -2.16. The van der Waals surface area contributed by atoms with Gasteiger partial charge in [-0.2, -0.15) is 0 Å². The Bertz CT molecular complexity index is 1790. The Morgan fingerprint density at radius 1 is 0.459 bits per heavy atom. The predicted octanol–water partition coefficient (Wildman–Crippen LogP) is 1.00. The molecule has 8 unspecified atom stereocenters. The maximum Gasteiger partial charge on any atom is 0.220 e. The topological polar surface area (TPSA) is 395 Å². The molecular weight excluding hydrogens is 1120 g/mol. The first-order valence-electron chi connectivity index (χ1n) is 31.9. The van der Waals surface area contributed by atoms with E-state index >= 15 is 0 Å². The molecule has 498 valence electrons. The first kappa shape index (κ1) is 75.3. The van der Waals surface area contributed by atoms with Gasteiger partial charge in [0, 0.05) is 13.3 Å². The number of amides is 2. The van der Waals surface area contributed by atoms with Gasteiger partial charge in [-0.1, -0.05) is 167 Å². The number of aliphatic hydroxyl groups excluding tert-OH is 13. The summed E-state index contributed by atoms with van der Waals surface area (Å²) >= 11 is 0. The number of allylic oxidation sites excluding steroid dienone is 1. The van der Waals surface area contributed by atoms with E-state index in [2.05, 4.69) is 24.5 Å². The van der Waals surface area contributed by atoms with Crippen molar-refractivity contribution in [3.63, 3.8) is 0 Å². The first-order valence-corrected chi connectivity index (χ1v) is 31.9. The van der Waals surface area contributed by atoms with Crippen molar-refractivity contribution in [2.45, 2.75) is 323 Å². The van der Waals surface area contributed by atoms with Crippen molar-refractivity contribution < 1.29 is 114 Å². The lowest BCUT2D eigenvalue weighted by molar-refractivity contribution is -0.380. The standard InChI is InChI=1S/C60H110N2O23/c1-4-6-8-10-12-14-16-18-20-22-24-26-28-30-39(68)38(62-44(69)31-29-27-25-23-21-19-17-15-13-11-9-7-5-2)36-78-58-52(76)49(73)55(42(34-65)81-58)84-60-53(77)50(74)54(43(35-66)82-60)83-57-45(61-37(3)67)56(47(71)41(33-64)79-57)85-59-51(75)48(72)46(70)40(32-63)80-59/h28,30,38-43,45-60,63-66,68,70-77H,4-27,29,31-36H2,1-3H3,(H,61,67)(H,62,69)/b30-28+/t38-,39+,40?,41?,42?,43?,45?,46-,47-,48-,49+,50+,51?,52?,53?,54-,55+,56+,57-,58+,59-,60-/m0/s1. The molecule has 4 heterocycles. The van der Waals surface area contributed by atoms with Gasteiger partial charge >= 0.3 is 0 Å². The van der Waals surface area contributed by atoms with Crippen molar-refractivity contribution in [2.75, 3.05) is 33.0 Å². The van der Waals surface area contributed by atoms with Gasteiger partial charge in [-0.15, -0.1) is 0 Å². The van der Waals surface area contributed by atoms with E-state index in [4.69, 9.17) is 37.9 Å². The lowest BCUT2D eigenvalue weighted by atomic mass is 9.94. The summed E-state index contributed by atoms with van der Waals surface area (Å²) in [7, 11) is 0. The van der Waals surface area contributed by atoms with Crippen molar-refractivity contribution >= 4 is 11.8 Å². The molecule has 4 aliphatic heterocycles. The molecule has 0 saturated carbocycles. The fourth-order valence-corrected chi connectivity index (χ4v) is 11.4. The average Bonchev–Trinajstić information content (AvgIpc) is 2.09. The van der Waals surface area contributed by atoms with Gasteiger partial charge in [-0.05, 0) is 19.3 Å². The van der Waals surface area contributed by atoms with Crippen LogP contribution in [0.4, 0.5) is 0 Å². The number of aliphatic hydroxyl groups is 13. The van der Waals surface area contributed by atoms with E-state index in [1.54, 1.807) is 6.08 Å². The third-order valence-electron chi connectivity index (χ3n) is 16.6. The Kier molecular flexibility index (Phi) is 37.2. The largest absolute Gasteiger partial charge is 0.394 e. The lowest BCUT2D eigenvalue weighted by Gasteiger charge is -2.50. The fourth-order valence-electron chi connectivity index (χ4n) is 11.4. The molecule has 0 bridgehead atoms. The van der Waals surface area contributed by atoms with Crippen LogP contribution in [0.5, 0.6) is 0 Å². The zero-order valence-electron chi connectivity index (χ0n) is 50.7. The third kappa shape index (κ3) is 24.9. The fraction of sp³-hybridized carbons (Fsp3) is 0.933. The summed E-state index contributed by atoms with van der Waals surface area (Å²) < 4.78 is 46.7. The molecular formula is C60H110N2O23. The molecule has 85 heavy (non-hydrogen) atoms. The van der Waals surface area contributed by atoms with Crippen LogP contribution in [-0.4, -0.2) is 246 Å². The van der Waals surface area contributed by atoms with Crippen LogP contribution in [0.2, 0.25) is 0 Å². The number of carbonyl (C=O) groups excluding carboxylic acids is 2. The van der Waals surface area contributed by atoms with Crippen molar-refractivity contribution in [3.8, 4) is 0 Å². The molecule has 4 saturated heterocycles. The monoisotopic (exact) mass is 1230 g/mol. The molecule has 0 aromatic carbocycles. The van der Waals surface area contributed by atoms with E-state index in [0.717, 1.165) is 51.9 Å². The molecule has 4 rings (SSSR count). The van der Waals surface area contributed by atoms with Gasteiger partial charge in [0.05, 0.1) is 45.2 Å². The molecule has 2 amide bonds. The zero-order chi connectivity index (χ0) is 62.3. The second-order valence-electron chi connectivity index (χ2n) is 23.6. The van der Waals surface area contributed by atoms with Crippen molar-refractivity contribution in [2.24, 2.45) is 0 Å². The number of carbonyl (C=O) groups is 2. The first-order chi connectivity index (χ1) is 41.0. The highest BCUT2D eigenvalue weighted by molar-refractivity contribution is 5.76. The van der Waals surface area contributed by atoms with Crippen LogP contribution in [0.25, 0.3) is 0 Å². The van der Waals surface area contributed by atoms with Crippen molar-refractivity contribution in [3.05, 3.63) is 12.2 Å². The van der Waals surface area contributed by atoms with Crippen LogP contribution in [0.15, 0.2) is 12.2 Å². The van der Waals surface area contributed by atoms with Gasteiger partial charge in [0.15, 0.2) is 25.2 Å². The minimum absolute atomic E-state index is 0.217. The second kappa shape index (κ2) is 42.0. The van der Waals surface area contributed by atoms with E-state index in [0.29, 0.717) is 12.8 Å². The zero-order valence-corrected chi connectivity index (χ0v) is 50.7. The molecule has 22 atom stereocenters. The molecule has 4 fully saturated rings. The molecule has 15 N–H and O–H groups in total. The molecule has 0 aromatic rings. The summed E-state index contributed by atoms with van der Waals surface area (Å²) in [6, 6.07) is -2.62. The summed E-state index contributed by atoms with van der Waals surface area (Å²) in [5.74, 6) is -1.06. The number of unbranched alkanes of at least 4 members (excludes halogenated alkanes) is 23. The summed E-state index contributed by atoms with van der Waals surface area (Å²) in [4.78, 5) is 25.9. The third-order valence-corrected chi connectivity index (χ3v) is 16.6. The number of hydrogen-bond donors (Lipinski definition) is 15. The summed E-state index contributed by atoms with van der Waals surface area (Å²) in [6.45, 7) is 1.58. The Morgan fingerprint density at radius 2 is 0.847 bits per heavy atom. The quantitative estimate of drug-likeness (QED) is 0.0299. The Balaban J connectivity index is 1.37. The van der Waals surface area contributed by atoms with Gasteiger partial charge in [-0.3, -0.25) is 9.59 Å². The van der Waals surface area contributed by atoms with E-state index in [1.165, 1.54) is 103 Å².